The lowest BCUT2D eigenvalue weighted by Gasteiger charge is -2.01. The van der Waals surface area contributed by atoms with Gasteiger partial charge in [-0.05, 0) is 22.3 Å². The second-order valence-corrected chi connectivity index (χ2v) is 3.60. The molecule has 2 aliphatic rings. The SMILES string of the molecule is Br.Br.c1c2c(cc3c1CNC3)CNC2. The van der Waals surface area contributed by atoms with E-state index in [1.54, 1.807) is 0 Å². The normalized spacial score (nSPS) is 16.6. The summed E-state index contributed by atoms with van der Waals surface area (Å²) in [6.45, 7) is 4.23. The largest absolute Gasteiger partial charge is 0.309 e. The summed E-state index contributed by atoms with van der Waals surface area (Å²) >= 11 is 0. The highest BCUT2D eigenvalue weighted by molar-refractivity contribution is 8.93. The highest BCUT2D eigenvalue weighted by atomic mass is 79.9. The molecule has 0 radical (unpaired) electrons. The van der Waals surface area contributed by atoms with Gasteiger partial charge in [0.2, 0.25) is 0 Å². The van der Waals surface area contributed by atoms with Crippen LogP contribution in [0.5, 0.6) is 0 Å². The van der Waals surface area contributed by atoms with Crippen LogP contribution in [0.3, 0.4) is 0 Å². The highest BCUT2D eigenvalue weighted by Crippen LogP contribution is 2.23. The quantitative estimate of drug-likeness (QED) is 0.764. The zero-order valence-corrected chi connectivity index (χ0v) is 11.2. The average molecular weight is 322 g/mol. The fraction of sp³-hybridized carbons (Fsp3) is 0.400. The predicted molar refractivity (Wildman–Crippen MR) is 68.2 cm³/mol. The minimum atomic E-state index is 0. The summed E-state index contributed by atoms with van der Waals surface area (Å²) < 4.78 is 0. The number of nitrogens with one attached hydrogen (secondary N) is 2. The van der Waals surface area contributed by atoms with Crippen molar-refractivity contribution in [3.8, 4) is 0 Å². The Kier molecular flexibility index (Phi) is 4.13. The molecule has 78 valence electrons. The van der Waals surface area contributed by atoms with Crippen LogP contribution >= 0.6 is 34.0 Å². The molecule has 0 unspecified atom stereocenters. The Hall–Kier alpha value is 0.1000. The molecule has 2 nitrogen and oxygen atoms in total. The molecule has 0 saturated heterocycles. The van der Waals surface area contributed by atoms with Crippen molar-refractivity contribution < 1.29 is 0 Å². The molecule has 0 bridgehead atoms. The molecule has 0 aliphatic carbocycles. The van der Waals surface area contributed by atoms with E-state index in [1.807, 2.05) is 0 Å². The third-order valence-electron chi connectivity index (χ3n) is 2.78. The first-order valence-electron chi connectivity index (χ1n) is 4.48. The van der Waals surface area contributed by atoms with Crippen LogP contribution in [-0.4, -0.2) is 0 Å². The van der Waals surface area contributed by atoms with Crippen LogP contribution in [-0.2, 0) is 26.2 Å². The van der Waals surface area contributed by atoms with Crippen molar-refractivity contribution >= 4 is 34.0 Å². The number of rotatable bonds is 0. The molecule has 0 amide bonds. The van der Waals surface area contributed by atoms with Gasteiger partial charge in [0, 0.05) is 26.2 Å². The Morgan fingerprint density at radius 2 is 0.929 bits per heavy atom. The first kappa shape index (κ1) is 12.2. The molecule has 0 saturated carbocycles. The van der Waals surface area contributed by atoms with Crippen molar-refractivity contribution in [3.05, 3.63) is 34.4 Å². The van der Waals surface area contributed by atoms with Crippen molar-refractivity contribution in [1.29, 1.82) is 0 Å². The molecular formula is C10H14Br2N2. The molecule has 2 aliphatic heterocycles. The van der Waals surface area contributed by atoms with Crippen LogP contribution in [0.1, 0.15) is 22.3 Å². The minimum absolute atomic E-state index is 0. The van der Waals surface area contributed by atoms with E-state index in [1.165, 1.54) is 22.3 Å². The van der Waals surface area contributed by atoms with Crippen LogP contribution < -0.4 is 10.6 Å². The maximum absolute atomic E-state index is 3.37. The molecule has 14 heavy (non-hydrogen) atoms. The number of hydrogen-bond acceptors (Lipinski definition) is 2. The van der Waals surface area contributed by atoms with Gasteiger partial charge in [-0.15, -0.1) is 34.0 Å². The number of fused-ring (bicyclic) bond motifs is 2. The van der Waals surface area contributed by atoms with Crippen LogP contribution in [0.4, 0.5) is 0 Å². The molecule has 3 rings (SSSR count). The van der Waals surface area contributed by atoms with E-state index >= 15 is 0 Å². The zero-order chi connectivity index (χ0) is 7.97. The topological polar surface area (TPSA) is 24.1 Å². The number of halogens is 2. The zero-order valence-electron chi connectivity index (χ0n) is 7.80. The fourth-order valence-corrected chi connectivity index (χ4v) is 2.11. The van der Waals surface area contributed by atoms with E-state index in [0.717, 1.165) is 26.2 Å². The minimum Gasteiger partial charge on any atom is -0.309 e. The van der Waals surface area contributed by atoms with E-state index in [0.29, 0.717) is 0 Å². The standard InChI is InChI=1S/C10H12N2.2BrH/c1-7-3-11-5-9(7)2-10-6-12-4-8(1)10;;/h1-2,11-12H,3-6H2;2*1H. The lowest BCUT2D eigenvalue weighted by Crippen LogP contribution is -2.01. The Bertz CT molecular complexity index is 279. The monoisotopic (exact) mass is 320 g/mol. The second-order valence-electron chi connectivity index (χ2n) is 3.60. The van der Waals surface area contributed by atoms with Crippen molar-refractivity contribution in [2.75, 3.05) is 0 Å². The Morgan fingerprint density at radius 1 is 0.643 bits per heavy atom. The molecule has 2 N–H and O–H groups in total. The molecule has 1 aromatic carbocycles. The van der Waals surface area contributed by atoms with Gasteiger partial charge in [-0.3, -0.25) is 0 Å². The Morgan fingerprint density at radius 3 is 1.21 bits per heavy atom. The summed E-state index contributed by atoms with van der Waals surface area (Å²) in [5, 5.41) is 6.74. The van der Waals surface area contributed by atoms with Crippen molar-refractivity contribution in [3.63, 3.8) is 0 Å². The van der Waals surface area contributed by atoms with Gasteiger partial charge >= 0.3 is 0 Å². The van der Waals surface area contributed by atoms with Gasteiger partial charge in [0.1, 0.15) is 0 Å². The first-order valence-corrected chi connectivity index (χ1v) is 4.48. The van der Waals surface area contributed by atoms with Crippen molar-refractivity contribution in [1.82, 2.24) is 10.6 Å². The van der Waals surface area contributed by atoms with Gasteiger partial charge in [0.25, 0.3) is 0 Å². The van der Waals surface area contributed by atoms with Crippen LogP contribution in [0.15, 0.2) is 12.1 Å². The molecular weight excluding hydrogens is 308 g/mol. The van der Waals surface area contributed by atoms with Gasteiger partial charge in [-0.1, -0.05) is 12.1 Å². The average Bonchev–Trinajstić information content (AvgIpc) is 2.64. The number of benzene rings is 1. The van der Waals surface area contributed by atoms with Crippen molar-refractivity contribution in [2.24, 2.45) is 0 Å². The van der Waals surface area contributed by atoms with Crippen LogP contribution in [0.25, 0.3) is 0 Å². The lowest BCUT2D eigenvalue weighted by molar-refractivity contribution is 0.753. The van der Waals surface area contributed by atoms with E-state index in [2.05, 4.69) is 22.8 Å². The fourth-order valence-electron chi connectivity index (χ4n) is 2.11. The van der Waals surface area contributed by atoms with E-state index in [9.17, 15) is 0 Å². The smallest absolute Gasteiger partial charge is 0.0212 e. The van der Waals surface area contributed by atoms with E-state index in [-0.39, 0.29) is 34.0 Å². The lowest BCUT2D eigenvalue weighted by atomic mass is 10.0. The second kappa shape index (κ2) is 4.75. The van der Waals surface area contributed by atoms with Gasteiger partial charge in [-0.2, -0.15) is 0 Å². The van der Waals surface area contributed by atoms with Gasteiger partial charge in [0.15, 0.2) is 0 Å². The molecule has 1 aromatic rings. The third-order valence-corrected chi connectivity index (χ3v) is 2.78. The summed E-state index contributed by atoms with van der Waals surface area (Å²) in [6, 6.07) is 4.70. The summed E-state index contributed by atoms with van der Waals surface area (Å²) in [5.41, 5.74) is 5.99. The third kappa shape index (κ3) is 1.89. The maximum atomic E-state index is 3.37. The summed E-state index contributed by atoms with van der Waals surface area (Å²) in [4.78, 5) is 0. The molecule has 0 spiro atoms. The molecule has 0 aromatic heterocycles. The Balaban J connectivity index is 0.000000490. The number of hydrogen-bond donors (Lipinski definition) is 2. The molecule has 0 atom stereocenters. The summed E-state index contributed by atoms with van der Waals surface area (Å²) in [5.74, 6) is 0. The van der Waals surface area contributed by atoms with Gasteiger partial charge in [0.05, 0.1) is 0 Å². The van der Waals surface area contributed by atoms with E-state index < -0.39 is 0 Å². The highest BCUT2D eigenvalue weighted by Gasteiger charge is 2.16. The molecule has 0 fully saturated rings. The van der Waals surface area contributed by atoms with Crippen LogP contribution in [0.2, 0.25) is 0 Å². The van der Waals surface area contributed by atoms with Crippen molar-refractivity contribution in [2.45, 2.75) is 26.2 Å². The predicted octanol–water partition coefficient (Wildman–Crippen LogP) is 2.05. The maximum Gasteiger partial charge on any atom is 0.0212 e. The first-order chi connectivity index (χ1) is 5.93. The Labute approximate surface area is 105 Å². The summed E-state index contributed by atoms with van der Waals surface area (Å²) in [7, 11) is 0. The van der Waals surface area contributed by atoms with Gasteiger partial charge < -0.3 is 10.6 Å². The molecule has 4 heteroatoms. The van der Waals surface area contributed by atoms with Gasteiger partial charge in [-0.25, -0.2) is 0 Å². The summed E-state index contributed by atoms with van der Waals surface area (Å²) in [6.07, 6.45) is 0. The van der Waals surface area contributed by atoms with E-state index in [4.69, 9.17) is 0 Å². The van der Waals surface area contributed by atoms with Crippen LogP contribution in [0, 0.1) is 0 Å². The molecule has 2 heterocycles.